The molecule has 0 unspecified atom stereocenters. The van der Waals surface area contributed by atoms with Crippen LogP contribution in [0.25, 0.3) is 55.6 Å². The van der Waals surface area contributed by atoms with Gasteiger partial charge in [-0.05, 0) is 114 Å². The topological polar surface area (TPSA) is 18.5 Å². The molecule has 0 N–H and O–H groups in total. The van der Waals surface area contributed by atoms with Gasteiger partial charge in [0.2, 0.25) is 0 Å². The summed E-state index contributed by atoms with van der Waals surface area (Å²) in [6, 6.07) is 73.2. The van der Waals surface area contributed by atoms with Crippen LogP contribution in [0.5, 0.6) is 23.0 Å². The first kappa shape index (κ1) is 31.8. The molecule has 0 bridgehead atoms. The summed E-state index contributed by atoms with van der Waals surface area (Å²) >= 11 is 0. The molecule has 0 saturated heterocycles. The number of ether oxygens (including phenoxy) is 2. The summed E-state index contributed by atoms with van der Waals surface area (Å²) in [5, 5.41) is 0. The molecule has 0 atom stereocenters. The molecule has 2 aliphatic heterocycles. The Hall–Kier alpha value is -7.36. The van der Waals surface area contributed by atoms with Crippen LogP contribution >= 0.6 is 0 Å². The lowest BCUT2D eigenvalue weighted by Gasteiger charge is -2.33. The monoisotopic (exact) mass is 736 g/mol. The number of para-hydroxylation sites is 2. The normalized spacial score (nSPS) is 13.9. The molecule has 1 spiro atoms. The molecule has 58 heavy (non-hydrogen) atoms. The van der Waals surface area contributed by atoms with Crippen molar-refractivity contribution in [2.45, 2.75) is 5.41 Å². The molecular weight excluding hydrogens is 703 g/mol. The van der Waals surface area contributed by atoms with Crippen LogP contribution in [0.15, 0.2) is 200 Å². The molecule has 268 valence electrons. The lowest BCUT2D eigenvalue weighted by atomic mass is 9.34. The highest BCUT2D eigenvalue weighted by atomic mass is 16.5. The third kappa shape index (κ3) is 4.17. The SMILES string of the molecule is c1ccc(-c2ccc3c(c2)C2(c4ccccc4-c4ccccc42)c2cc(-c4ccccc4-c4cccc5c4Oc4cccc6c4B5c4ccccc4O6)ccc2-3)cc1. The maximum atomic E-state index is 6.95. The molecule has 0 aromatic heterocycles. The third-order valence-electron chi connectivity index (χ3n) is 13.1. The van der Waals surface area contributed by atoms with Crippen molar-refractivity contribution in [3.8, 4) is 78.6 Å². The Bertz CT molecular complexity index is 3150. The van der Waals surface area contributed by atoms with E-state index in [0.717, 1.165) is 50.5 Å². The van der Waals surface area contributed by atoms with Gasteiger partial charge in [0.25, 0.3) is 6.71 Å². The predicted molar refractivity (Wildman–Crippen MR) is 237 cm³/mol. The third-order valence-corrected chi connectivity index (χ3v) is 13.1. The number of rotatable bonds is 3. The zero-order valence-corrected chi connectivity index (χ0v) is 31.4. The largest absolute Gasteiger partial charge is 0.458 e. The molecule has 2 nitrogen and oxygen atoms in total. The zero-order chi connectivity index (χ0) is 38.0. The highest BCUT2D eigenvalue weighted by Gasteiger charge is 2.52. The van der Waals surface area contributed by atoms with Crippen molar-refractivity contribution in [1.29, 1.82) is 0 Å². The Labute approximate surface area is 337 Å². The number of benzene rings is 9. The molecule has 2 aliphatic carbocycles. The van der Waals surface area contributed by atoms with Crippen LogP contribution in [0.3, 0.4) is 0 Å². The Morgan fingerprint density at radius 1 is 0.310 bits per heavy atom. The Kier molecular flexibility index (Phi) is 6.49. The van der Waals surface area contributed by atoms with E-state index in [1.54, 1.807) is 0 Å². The van der Waals surface area contributed by atoms with E-state index < -0.39 is 5.41 Å². The Balaban J connectivity index is 1.03. The van der Waals surface area contributed by atoms with E-state index in [2.05, 4.69) is 188 Å². The van der Waals surface area contributed by atoms with Gasteiger partial charge in [-0.1, -0.05) is 170 Å². The van der Waals surface area contributed by atoms with Gasteiger partial charge in [-0.25, -0.2) is 0 Å². The van der Waals surface area contributed by atoms with Gasteiger partial charge in [-0.15, -0.1) is 0 Å². The number of hydrogen-bond acceptors (Lipinski definition) is 2. The molecule has 0 amide bonds. The van der Waals surface area contributed by atoms with E-state index in [1.807, 2.05) is 12.1 Å². The minimum absolute atomic E-state index is 0.00801. The molecule has 13 rings (SSSR count). The van der Waals surface area contributed by atoms with Crippen molar-refractivity contribution in [2.75, 3.05) is 0 Å². The maximum Gasteiger partial charge on any atom is 0.260 e. The fourth-order valence-electron chi connectivity index (χ4n) is 10.7. The highest BCUT2D eigenvalue weighted by Crippen LogP contribution is 2.63. The minimum atomic E-state index is -0.472. The quantitative estimate of drug-likeness (QED) is 0.168. The Morgan fingerprint density at radius 2 is 0.828 bits per heavy atom. The molecule has 4 aliphatic rings. The first-order valence-corrected chi connectivity index (χ1v) is 20.1. The van der Waals surface area contributed by atoms with Gasteiger partial charge in [0.15, 0.2) is 0 Å². The van der Waals surface area contributed by atoms with Crippen molar-refractivity contribution >= 4 is 23.1 Å². The zero-order valence-electron chi connectivity index (χ0n) is 31.4. The molecular formula is C55H33BO2. The lowest BCUT2D eigenvalue weighted by Crippen LogP contribution is -2.57. The Morgan fingerprint density at radius 3 is 1.59 bits per heavy atom. The summed E-state index contributed by atoms with van der Waals surface area (Å²) in [7, 11) is 0. The van der Waals surface area contributed by atoms with Crippen molar-refractivity contribution in [3.63, 3.8) is 0 Å². The van der Waals surface area contributed by atoms with E-state index >= 15 is 0 Å². The summed E-state index contributed by atoms with van der Waals surface area (Å²) in [4.78, 5) is 0. The molecule has 2 heterocycles. The average Bonchev–Trinajstić information content (AvgIpc) is 3.76. The van der Waals surface area contributed by atoms with Crippen molar-refractivity contribution in [2.24, 2.45) is 0 Å². The average molecular weight is 737 g/mol. The van der Waals surface area contributed by atoms with Crippen LogP contribution in [0.1, 0.15) is 22.3 Å². The maximum absolute atomic E-state index is 6.95. The van der Waals surface area contributed by atoms with E-state index in [9.17, 15) is 0 Å². The van der Waals surface area contributed by atoms with Gasteiger partial charge in [0.05, 0.1) is 5.41 Å². The fourth-order valence-corrected chi connectivity index (χ4v) is 10.7. The highest BCUT2D eigenvalue weighted by molar-refractivity contribution is 6.98. The van der Waals surface area contributed by atoms with Gasteiger partial charge < -0.3 is 9.47 Å². The second-order valence-corrected chi connectivity index (χ2v) is 15.8. The second-order valence-electron chi connectivity index (χ2n) is 15.8. The first-order chi connectivity index (χ1) is 28.8. The van der Waals surface area contributed by atoms with E-state index in [4.69, 9.17) is 9.47 Å². The smallest absolute Gasteiger partial charge is 0.260 e. The van der Waals surface area contributed by atoms with Gasteiger partial charge in [-0.2, -0.15) is 0 Å². The summed E-state index contributed by atoms with van der Waals surface area (Å²) in [6.07, 6.45) is 0. The van der Waals surface area contributed by atoms with Gasteiger partial charge in [0, 0.05) is 11.0 Å². The lowest BCUT2D eigenvalue weighted by molar-refractivity contribution is 0.465. The van der Waals surface area contributed by atoms with Crippen LogP contribution in [0.2, 0.25) is 0 Å². The van der Waals surface area contributed by atoms with Crippen molar-refractivity contribution < 1.29 is 9.47 Å². The number of fused-ring (bicyclic) bond motifs is 14. The van der Waals surface area contributed by atoms with Crippen LogP contribution < -0.4 is 25.9 Å². The molecule has 3 heteroatoms. The van der Waals surface area contributed by atoms with E-state index in [1.165, 1.54) is 66.8 Å². The van der Waals surface area contributed by atoms with Gasteiger partial charge >= 0.3 is 0 Å². The van der Waals surface area contributed by atoms with Crippen LogP contribution in [-0.2, 0) is 5.41 Å². The molecule has 9 aromatic rings. The van der Waals surface area contributed by atoms with Crippen LogP contribution in [-0.4, -0.2) is 6.71 Å². The van der Waals surface area contributed by atoms with E-state index in [0.29, 0.717) is 0 Å². The molecule has 0 fully saturated rings. The summed E-state index contributed by atoms with van der Waals surface area (Å²) in [5.41, 5.74) is 20.5. The van der Waals surface area contributed by atoms with Gasteiger partial charge in [-0.3, -0.25) is 0 Å². The minimum Gasteiger partial charge on any atom is -0.458 e. The molecule has 9 aromatic carbocycles. The predicted octanol–water partition coefficient (Wildman–Crippen LogP) is 11.8. The van der Waals surface area contributed by atoms with E-state index in [-0.39, 0.29) is 6.71 Å². The molecule has 0 saturated carbocycles. The summed E-state index contributed by atoms with van der Waals surface area (Å²) in [6.45, 7) is 0.00801. The fraction of sp³-hybridized carbons (Fsp3) is 0.0182. The summed E-state index contributed by atoms with van der Waals surface area (Å²) < 4.78 is 13.4. The van der Waals surface area contributed by atoms with Crippen molar-refractivity contribution in [1.82, 2.24) is 0 Å². The van der Waals surface area contributed by atoms with Crippen molar-refractivity contribution in [3.05, 3.63) is 222 Å². The van der Waals surface area contributed by atoms with Crippen LogP contribution in [0, 0.1) is 0 Å². The van der Waals surface area contributed by atoms with Gasteiger partial charge in [0.1, 0.15) is 23.0 Å². The summed E-state index contributed by atoms with van der Waals surface area (Å²) in [5.74, 6) is 3.50. The molecule has 0 radical (unpaired) electrons. The van der Waals surface area contributed by atoms with Crippen LogP contribution in [0.4, 0.5) is 0 Å². The first-order valence-electron chi connectivity index (χ1n) is 20.1. The standard InChI is InChI=1S/C55H33BO2/c1-2-14-34(15-3-1)35-28-30-41-42-31-29-36(33-47(42)55(46(41)32-35)44-21-8-6-18-39(44)40-19-7-9-22-45(40)55)37-16-4-5-17-38(37)43-20-12-24-49-54(43)58-52-27-13-26-51-53(52)56(49)48-23-10-11-25-50(48)57-51/h1-33H. The number of hydrogen-bond donors (Lipinski definition) is 0. The second kappa shape index (κ2) is 11.8.